The van der Waals surface area contributed by atoms with Crippen LogP contribution in [0.4, 0.5) is 5.69 Å². The minimum atomic E-state index is -0.358. The molecule has 0 aliphatic carbocycles. The zero-order valence-corrected chi connectivity index (χ0v) is 14.7. The highest BCUT2D eigenvalue weighted by Gasteiger charge is 2.08. The molecule has 0 unspecified atom stereocenters. The quantitative estimate of drug-likeness (QED) is 0.542. The SMILES string of the molecule is CN(C)c1ccc(/C=N/NC(=O)COc2ncnc3sccc23)cc1. The predicted octanol–water partition coefficient (Wildman–Crippen LogP) is 2.29. The maximum absolute atomic E-state index is 11.8. The van der Waals surface area contributed by atoms with Gasteiger partial charge in [0.1, 0.15) is 11.2 Å². The van der Waals surface area contributed by atoms with Crippen molar-refractivity contribution in [1.29, 1.82) is 0 Å². The van der Waals surface area contributed by atoms with Gasteiger partial charge in [0.15, 0.2) is 6.61 Å². The molecule has 0 atom stereocenters. The van der Waals surface area contributed by atoms with Crippen molar-refractivity contribution in [3.05, 3.63) is 47.6 Å². The number of amides is 1. The number of carbonyl (C=O) groups excluding carboxylic acids is 1. The number of carbonyl (C=O) groups is 1. The van der Waals surface area contributed by atoms with Gasteiger partial charge < -0.3 is 9.64 Å². The summed E-state index contributed by atoms with van der Waals surface area (Å²) in [6.45, 7) is -0.168. The first kappa shape index (κ1) is 16.8. The molecule has 0 aliphatic rings. The summed E-state index contributed by atoms with van der Waals surface area (Å²) >= 11 is 1.49. The summed E-state index contributed by atoms with van der Waals surface area (Å²) in [5.74, 6) is 0.0350. The number of thiophene rings is 1. The summed E-state index contributed by atoms with van der Waals surface area (Å²) in [7, 11) is 3.95. The standard InChI is InChI=1S/C17H17N5O2S/c1-22(2)13-5-3-12(4-6-13)9-20-21-15(23)10-24-16-14-7-8-25-17(14)19-11-18-16/h3-9,11H,10H2,1-2H3,(H,21,23)/b20-9+. The van der Waals surface area contributed by atoms with Crippen LogP contribution in [0.15, 0.2) is 47.1 Å². The summed E-state index contributed by atoms with van der Waals surface area (Å²) in [5, 5.41) is 6.63. The van der Waals surface area contributed by atoms with Crippen molar-refractivity contribution in [3.63, 3.8) is 0 Å². The molecule has 1 aromatic carbocycles. The molecule has 1 amide bonds. The molecule has 0 aliphatic heterocycles. The minimum Gasteiger partial charge on any atom is -0.467 e. The highest BCUT2D eigenvalue weighted by atomic mass is 32.1. The van der Waals surface area contributed by atoms with E-state index in [-0.39, 0.29) is 12.5 Å². The second-order valence-corrected chi connectivity index (χ2v) is 6.28. The van der Waals surface area contributed by atoms with E-state index in [1.54, 1.807) is 6.21 Å². The number of nitrogens with one attached hydrogen (secondary N) is 1. The molecule has 0 saturated carbocycles. The number of aromatic nitrogens is 2. The summed E-state index contributed by atoms with van der Waals surface area (Å²) in [6, 6.07) is 9.68. The minimum absolute atomic E-state index is 0.168. The van der Waals surface area contributed by atoms with Crippen molar-refractivity contribution < 1.29 is 9.53 Å². The van der Waals surface area contributed by atoms with Crippen molar-refractivity contribution >= 4 is 39.4 Å². The molecule has 3 rings (SSSR count). The van der Waals surface area contributed by atoms with E-state index in [1.807, 2.05) is 54.7 Å². The number of hydrazone groups is 1. The molecule has 8 heteroatoms. The number of hydrogen-bond acceptors (Lipinski definition) is 7. The zero-order valence-electron chi connectivity index (χ0n) is 13.8. The van der Waals surface area contributed by atoms with Gasteiger partial charge in [-0.1, -0.05) is 12.1 Å². The van der Waals surface area contributed by atoms with Crippen molar-refractivity contribution in [3.8, 4) is 5.88 Å². The van der Waals surface area contributed by atoms with Gasteiger partial charge in [-0.15, -0.1) is 11.3 Å². The molecular formula is C17H17N5O2S. The van der Waals surface area contributed by atoms with E-state index >= 15 is 0 Å². The normalized spacial score (nSPS) is 11.0. The van der Waals surface area contributed by atoms with Gasteiger partial charge >= 0.3 is 0 Å². The lowest BCUT2D eigenvalue weighted by Gasteiger charge is -2.11. The van der Waals surface area contributed by atoms with Gasteiger partial charge in [0.05, 0.1) is 11.6 Å². The summed E-state index contributed by atoms with van der Waals surface area (Å²) in [5.41, 5.74) is 4.42. The van der Waals surface area contributed by atoms with Crippen molar-refractivity contribution in [1.82, 2.24) is 15.4 Å². The number of anilines is 1. The molecule has 0 spiro atoms. The third kappa shape index (κ3) is 4.30. The Bertz CT molecular complexity index is 889. The summed E-state index contributed by atoms with van der Waals surface area (Å²) in [6.07, 6.45) is 3.00. The number of hydrogen-bond donors (Lipinski definition) is 1. The van der Waals surface area contributed by atoms with Crippen LogP contribution in [0.5, 0.6) is 5.88 Å². The Labute approximate surface area is 149 Å². The van der Waals surface area contributed by atoms with Crippen molar-refractivity contribution in [2.45, 2.75) is 0 Å². The fraction of sp³-hybridized carbons (Fsp3) is 0.176. The summed E-state index contributed by atoms with van der Waals surface area (Å²) < 4.78 is 5.45. The molecule has 0 saturated heterocycles. The monoisotopic (exact) mass is 355 g/mol. The van der Waals surface area contributed by atoms with Crippen LogP contribution in [0.25, 0.3) is 10.2 Å². The molecule has 7 nitrogen and oxygen atoms in total. The molecule has 0 bridgehead atoms. The zero-order chi connectivity index (χ0) is 17.6. The van der Waals surface area contributed by atoms with Gasteiger partial charge in [0.25, 0.3) is 5.91 Å². The number of ether oxygens (including phenoxy) is 1. The average Bonchev–Trinajstić information content (AvgIpc) is 3.09. The Hall–Kier alpha value is -3.00. The molecule has 0 fully saturated rings. The third-order valence-electron chi connectivity index (χ3n) is 3.38. The van der Waals surface area contributed by atoms with Gasteiger partial charge in [0, 0.05) is 19.8 Å². The summed E-state index contributed by atoms with van der Waals surface area (Å²) in [4.78, 5) is 22.8. The van der Waals surface area contributed by atoms with E-state index in [9.17, 15) is 4.79 Å². The molecule has 2 aromatic heterocycles. The van der Waals surface area contributed by atoms with Crippen LogP contribution >= 0.6 is 11.3 Å². The first-order valence-electron chi connectivity index (χ1n) is 7.54. The maximum Gasteiger partial charge on any atom is 0.278 e. The van der Waals surface area contributed by atoms with Gasteiger partial charge in [-0.3, -0.25) is 4.79 Å². The lowest BCUT2D eigenvalue weighted by Crippen LogP contribution is -2.24. The number of nitrogens with zero attached hydrogens (tertiary/aromatic N) is 4. The number of benzene rings is 1. The fourth-order valence-electron chi connectivity index (χ4n) is 2.09. The molecule has 25 heavy (non-hydrogen) atoms. The van der Waals surface area contributed by atoms with Crippen LogP contribution in [0.1, 0.15) is 5.56 Å². The Balaban J connectivity index is 1.52. The van der Waals surface area contributed by atoms with Gasteiger partial charge in [-0.2, -0.15) is 5.10 Å². The van der Waals surface area contributed by atoms with Crippen LogP contribution in [0.2, 0.25) is 0 Å². The molecule has 3 aromatic rings. The van der Waals surface area contributed by atoms with Crippen LogP contribution in [-0.4, -0.2) is 42.8 Å². The smallest absolute Gasteiger partial charge is 0.278 e. The average molecular weight is 355 g/mol. The number of fused-ring (bicyclic) bond motifs is 1. The lowest BCUT2D eigenvalue weighted by molar-refractivity contribution is -0.123. The van der Waals surface area contributed by atoms with Crippen molar-refractivity contribution in [2.75, 3.05) is 25.6 Å². The van der Waals surface area contributed by atoms with Gasteiger partial charge in [0.2, 0.25) is 5.88 Å². The molecule has 2 heterocycles. The fourth-order valence-corrected chi connectivity index (χ4v) is 2.81. The van der Waals surface area contributed by atoms with E-state index in [4.69, 9.17) is 4.74 Å². The van der Waals surface area contributed by atoms with Crippen LogP contribution < -0.4 is 15.1 Å². The van der Waals surface area contributed by atoms with Gasteiger partial charge in [-0.25, -0.2) is 15.4 Å². The Kier molecular flexibility index (Phi) is 5.20. The molecule has 128 valence electrons. The highest BCUT2D eigenvalue weighted by molar-refractivity contribution is 7.16. The second-order valence-electron chi connectivity index (χ2n) is 5.39. The maximum atomic E-state index is 11.8. The van der Waals surface area contributed by atoms with E-state index in [2.05, 4.69) is 20.5 Å². The predicted molar refractivity (Wildman–Crippen MR) is 99.4 cm³/mol. The van der Waals surface area contributed by atoms with Crippen LogP contribution in [0, 0.1) is 0 Å². The first-order valence-corrected chi connectivity index (χ1v) is 8.42. The first-order chi connectivity index (χ1) is 12.1. The Morgan fingerprint density at radius 1 is 1.28 bits per heavy atom. The lowest BCUT2D eigenvalue weighted by atomic mass is 10.2. The van der Waals surface area contributed by atoms with Crippen LogP contribution in [0.3, 0.4) is 0 Å². The van der Waals surface area contributed by atoms with Crippen LogP contribution in [-0.2, 0) is 4.79 Å². The third-order valence-corrected chi connectivity index (χ3v) is 4.20. The van der Waals surface area contributed by atoms with E-state index in [1.165, 1.54) is 17.7 Å². The topological polar surface area (TPSA) is 79.7 Å². The van der Waals surface area contributed by atoms with E-state index < -0.39 is 0 Å². The Morgan fingerprint density at radius 2 is 2.08 bits per heavy atom. The van der Waals surface area contributed by atoms with Crippen molar-refractivity contribution in [2.24, 2.45) is 5.10 Å². The largest absolute Gasteiger partial charge is 0.467 e. The Morgan fingerprint density at radius 3 is 2.84 bits per heavy atom. The van der Waals surface area contributed by atoms with E-state index in [0.29, 0.717) is 5.88 Å². The molecule has 0 radical (unpaired) electrons. The van der Waals surface area contributed by atoms with Gasteiger partial charge in [-0.05, 0) is 29.1 Å². The van der Waals surface area contributed by atoms with E-state index in [0.717, 1.165) is 21.5 Å². The molecule has 1 N–H and O–H groups in total. The highest BCUT2D eigenvalue weighted by Crippen LogP contribution is 2.25. The molecular weight excluding hydrogens is 338 g/mol. The second kappa shape index (κ2) is 7.71. The number of rotatable bonds is 6.